The molecule has 1 saturated heterocycles. The lowest BCUT2D eigenvalue weighted by Crippen LogP contribution is -2.50. The predicted molar refractivity (Wildman–Crippen MR) is 67.9 cm³/mol. The molecule has 1 aliphatic heterocycles. The van der Waals surface area contributed by atoms with Crippen LogP contribution in [0.5, 0.6) is 0 Å². The van der Waals surface area contributed by atoms with Gasteiger partial charge >= 0.3 is 6.09 Å². The van der Waals surface area contributed by atoms with E-state index in [9.17, 15) is 4.79 Å². The lowest BCUT2D eigenvalue weighted by Gasteiger charge is -2.33. The summed E-state index contributed by atoms with van der Waals surface area (Å²) in [7, 11) is 0. The molecule has 5 heteroatoms. The number of carbonyl (C=O) groups excluding carboxylic acids is 1. The number of piperidine rings is 1. The Kier molecular flexibility index (Phi) is 5.21. The van der Waals surface area contributed by atoms with Gasteiger partial charge in [-0.25, -0.2) is 4.79 Å². The Bertz CT molecular complexity index is 243. The maximum atomic E-state index is 11.5. The van der Waals surface area contributed by atoms with E-state index in [1.807, 2.05) is 20.8 Å². The molecule has 0 aromatic rings. The van der Waals surface area contributed by atoms with Gasteiger partial charge in [-0.3, -0.25) is 0 Å². The number of hydrogen-bond donors (Lipinski definition) is 2. The molecular weight excluding hydrogens is 218 g/mol. The van der Waals surface area contributed by atoms with Gasteiger partial charge in [-0.2, -0.15) is 0 Å². The van der Waals surface area contributed by atoms with Gasteiger partial charge in [0.2, 0.25) is 0 Å². The second-order valence-electron chi connectivity index (χ2n) is 5.33. The lowest BCUT2D eigenvalue weighted by molar-refractivity contribution is 0.0947. The van der Waals surface area contributed by atoms with E-state index in [0.29, 0.717) is 12.6 Å². The first kappa shape index (κ1) is 14.3. The van der Waals surface area contributed by atoms with Crippen molar-refractivity contribution in [1.29, 1.82) is 0 Å². The Hall–Kier alpha value is -0.810. The van der Waals surface area contributed by atoms with Crippen molar-refractivity contribution in [1.82, 2.24) is 10.2 Å². The maximum absolute atomic E-state index is 11.5. The largest absolute Gasteiger partial charge is 0.450 e. The van der Waals surface area contributed by atoms with Crippen LogP contribution in [-0.4, -0.2) is 48.8 Å². The van der Waals surface area contributed by atoms with Crippen LogP contribution >= 0.6 is 0 Å². The van der Waals surface area contributed by atoms with E-state index in [4.69, 9.17) is 10.5 Å². The van der Waals surface area contributed by atoms with Gasteiger partial charge in [-0.05, 0) is 33.6 Å². The van der Waals surface area contributed by atoms with Gasteiger partial charge in [0, 0.05) is 31.2 Å². The van der Waals surface area contributed by atoms with Crippen LogP contribution in [0.1, 0.15) is 33.6 Å². The van der Waals surface area contributed by atoms with E-state index in [-0.39, 0.29) is 11.6 Å². The van der Waals surface area contributed by atoms with Gasteiger partial charge in [-0.15, -0.1) is 0 Å². The number of hydrogen-bond acceptors (Lipinski definition) is 4. The molecule has 0 aromatic heterocycles. The van der Waals surface area contributed by atoms with Gasteiger partial charge in [0.05, 0.1) is 6.61 Å². The summed E-state index contributed by atoms with van der Waals surface area (Å²) in [5, 5.41) is 3.45. The van der Waals surface area contributed by atoms with Crippen molar-refractivity contribution < 1.29 is 9.53 Å². The van der Waals surface area contributed by atoms with E-state index in [1.54, 1.807) is 4.90 Å². The molecule has 1 heterocycles. The SMILES string of the molecule is CCOC(=O)N1CCC(NCC(C)(C)N)CC1. The first-order chi connectivity index (χ1) is 7.92. The quantitative estimate of drug-likeness (QED) is 0.771. The fourth-order valence-corrected chi connectivity index (χ4v) is 1.89. The fourth-order valence-electron chi connectivity index (χ4n) is 1.89. The predicted octanol–water partition coefficient (Wildman–Crippen LogP) is 0.934. The maximum Gasteiger partial charge on any atom is 0.409 e. The molecule has 0 bridgehead atoms. The van der Waals surface area contributed by atoms with E-state index in [0.717, 1.165) is 32.5 Å². The van der Waals surface area contributed by atoms with Crippen molar-refractivity contribution in [2.45, 2.75) is 45.2 Å². The molecular formula is C12H25N3O2. The Morgan fingerprint density at radius 1 is 1.47 bits per heavy atom. The van der Waals surface area contributed by atoms with Crippen LogP contribution in [0.15, 0.2) is 0 Å². The molecule has 1 amide bonds. The molecule has 0 saturated carbocycles. The number of nitrogens with one attached hydrogen (secondary N) is 1. The van der Waals surface area contributed by atoms with Crippen molar-refractivity contribution in [3.63, 3.8) is 0 Å². The molecule has 0 aromatic carbocycles. The third kappa shape index (κ3) is 5.37. The average molecular weight is 243 g/mol. The van der Waals surface area contributed by atoms with Gasteiger partial charge in [0.1, 0.15) is 0 Å². The number of ether oxygens (including phenoxy) is 1. The van der Waals surface area contributed by atoms with Crippen LogP contribution < -0.4 is 11.1 Å². The zero-order valence-corrected chi connectivity index (χ0v) is 11.2. The summed E-state index contributed by atoms with van der Waals surface area (Å²) < 4.78 is 4.98. The van der Waals surface area contributed by atoms with Crippen molar-refractivity contribution in [3.05, 3.63) is 0 Å². The molecule has 1 aliphatic rings. The Morgan fingerprint density at radius 2 is 2.06 bits per heavy atom. The van der Waals surface area contributed by atoms with Crippen molar-refractivity contribution in [2.24, 2.45) is 5.73 Å². The highest BCUT2D eigenvalue weighted by molar-refractivity contribution is 5.67. The molecule has 100 valence electrons. The number of nitrogens with two attached hydrogens (primary N) is 1. The topological polar surface area (TPSA) is 67.6 Å². The van der Waals surface area contributed by atoms with Crippen molar-refractivity contribution in [2.75, 3.05) is 26.2 Å². The van der Waals surface area contributed by atoms with Crippen LogP contribution in [0.2, 0.25) is 0 Å². The van der Waals surface area contributed by atoms with Crippen LogP contribution in [0.4, 0.5) is 4.79 Å². The van der Waals surface area contributed by atoms with E-state index in [2.05, 4.69) is 5.32 Å². The van der Waals surface area contributed by atoms with Gasteiger partial charge in [0.25, 0.3) is 0 Å². The first-order valence-electron chi connectivity index (χ1n) is 6.36. The lowest BCUT2D eigenvalue weighted by atomic mass is 10.0. The fraction of sp³-hybridized carbons (Fsp3) is 0.917. The summed E-state index contributed by atoms with van der Waals surface area (Å²) in [5.74, 6) is 0. The number of rotatable bonds is 4. The average Bonchev–Trinajstić information content (AvgIpc) is 2.26. The Morgan fingerprint density at radius 3 is 2.53 bits per heavy atom. The second-order valence-corrected chi connectivity index (χ2v) is 5.33. The molecule has 5 nitrogen and oxygen atoms in total. The summed E-state index contributed by atoms with van der Waals surface area (Å²) >= 11 is 0. The summed E-state index contributed by atoms with van der Waals surface area (Å²) in [6.07, 6.45) is 1.74. The van der Waals surface area contributed by atoms with Crippen LogP contribution in [0.3, 0.4) is 0 Å². The van der Waals surface area contributed by atoms with Crippen LogP contribution in [0, 0.1) is 0 Å². The highest BCUT2D eigenvalue weighted by Crippen LogP contribution is 2.12. The van der Waals surface area contributed by atoms with Crippen molar-refractivity contribution >= 4 is 6.09 Å². The Labute approximate surface area is 104 Å². The smallest absolute Gasteiger partial charge is 0.409 e. The molecule has 1 fully saturated rings. The minimum absolute atomic E-state index is 0.182. The minimum Gasteiger partial charge on any atom is -0.450 e. The molecule has 0 radical (unpaired) electrons. The minimum atomic E-state index is -0.190. The number of nitrogens with zero attached hydrogens (tertiary/aromatic N) is 1. The first-order valence-corrected chi connectivity index (χ1v) is 6.36. The van der Waals surface area contributed by atoms with E-state index in [1.165, 1.54) is 0 Å². The number of likely N-dealkylation sites (tertiary alicyclic amines) is 1. The normalized spacial score (nSPS) is 18.2. The highest BCUT2D eigenvalue weighted by atomic mass is 16.6. The molecule has 1 rings (SSSR count). The summed E-state index contributed by atoms with van der Waals surface area (Å²) in [5.41, 5.74) is 5.74. The monoisotopic (exact) mass is 243 g/mol. The molecule has 0 spiro atoms. The number of amides is 1. The third-order valence-corrected chi connectivity index (χ3v) is 2.87. The van der Waals surface area contributed by atoms with Crippen molar-refractivity contribution in [3.8, 4) is 0 Å². The standard InChI is InChI=1S/C12H25N3O2/c1-4-17-11(16)15-7-5-10(6-8-15)14-9-12(2,3)13/h10,14H,4-9,13H2,1-3H3. The third-order valence-electron chi connectivity index (χ3n) is 2.87. The summed E-state index contributed by atoms with van der Waals surface area (Å²) in [6, 6.07) is 0.462. The molecule has 17 heavy (non-hydrogen) atoms. The van der Waals surface area contributed by atoms with E-state index >= 15 is 0 Å². The molecule has 0 aliphatic carbocycles. The van der Waals surface area contributed by atoms with Gasteiger partial charge in [0.15, 0.2) is 0 Å². The van der Waals surface area contributed by atoms with E-state index < -0.39 is 0 Å². The molecule has 3 N–H and O–H groups in total. The summed E-state index contributed by atoms with van der Waals surface area (Å²) in [4.78, 5) is 13.3. The summed E-state index contributed by atoms with van der Waals surface area (Å²) in [6.45, 7) is 8.62. The second kappa shape index (κ2) is 6.21. The Balaban J connectivity index is 2.24. The van der Waals surface area contributed by atoms with Crippen LogP contribution in [0.25, 0.3) is 0 Å². The zero-order chi connectivity index (χ0) is 12.9. The van der Waals surface area contributed by atoms with Gasteiger partial charge in [-0.1, -0.05) is 0 Å². The molecule has 0 atom stereocenters. The highest BCUT2D eigenvalue weighted by Gasteiger charge is 2.24. The number of carbonyl (C=O) groups is 1. The van der Waals surface area contributed by atoms with Gasteiger partial charge < -0.3 is 20.7 Å². The van der Waals surface area contributed by atoms with Crippen LogP contribution in [-0.2, 0) is 4.74 Å². The zero-order valence-electron chi connectivity index (χ0n) is 11.2. The molecule has 0 unspecified atom stereocenters.